The number of sulfonamides is 1. The third-order valence-electron chi connectivity index (χ3n) is 3.32. The van der Waals surface area contributed by atoms with Crippen LogP contribution in [0.5, 0.6) is 0 Å². The molecule has 1 rings (SSSR count). The molecule has 0 amide bonds. The van der Waals surface area contributed by atoms with Crippen molar-refractivity contribution in [3.05, 3.63) is 0 Å². The molecule has 0 aromatic carbocycles. The maximum atomic E-state index is 12.2. The largest absolute Gasteiger partial charge is 0.390 e. The first-order chi connectivity index (χ1) is 8.65. The minimum Gasteiger partial charge on any atom is -0.305 e. The van der Waals surface area contributed by atoms with Crippen LogP contribution >= 0.6 is 0 Å². The highest BCUT2D eigenvalue weighted by Crippen LogP contribution is 2.23. The number of rotatable bonds is 4. The monoisotopic (exact) mass is 302 g/mol. The van der Waals surface area contributed by atoms with Crippen molar-refractivity contribution in [2.45, 2.75) is 38.4 Å². The molecule has 0 aromatic rings. The van der Waals surface area contributed by atoms with E-state index in [-0.39, 0.29) is 6.04 Å². The van der Waals surface area contributed by atoms with Gasteiger partial charge >= 0.3 is 6.18 Å². The lowest BCUT2D eigenvalue weighted by Crippen LogP contribution is -2.44. The molecule has 0 saturated carbocycles. The van der Waals surface area contributed by atoms with Crippen molar-refractivity contribution in [2.75, 3.05) is 32.4 Å². The minimum absolute atomic E-state index is 0.231. The number of likely N-dealkylation sites (N-methyl/N-ethyl adjacent to an activating group) is 1. The fourth-order valence-electron chi connectivity index (χ4n) is 2.28. The maximum Gasteiger partial charge on any atom is 0.390 e. The summed E-state index contributed by atoms with van der Waals surface area (Å²) in [6, 6.07) is -0.231. The molecular weight excluding hydrogens is 281 g/mol. The molecule has 1 aliphatic heterocycles. The number of hydrogen-bond donors (Lipinski definition) is 0. The van der Waals surface area contributed by atoms with Crippen molar-refractivity contribution < 1.29 is 21.6 Å². The van der Waals surface area contributed by atoms with Gasteiger partial charge < -0.3 is 4.90 Å². The molecule has 1 heterocycles. The number of nitrogens with zero attached hydrogens (tertiary/aromatic N) is 2. The Labute approximate surface area is 112 Å². The van der Waals surface area contributed by atoms with Crippen LogP contribution in [0.15, 0.2) is 0 Å². The molecule has 1 saturated heterocycles. The molecule has 114 valence electrons. The lowest BCUT2D eigenvalue weighted by atomic mass is 10.2. The fourth-order valence-corrected chi connectivity index (χ4v) is 4.08. The van der Waals surface area contributed by atoms with Gasteiger partial charge in [0.2, 0.25) is 10.0 Å². The Morgan fingerprint density at radius 1 is 1.26 bits per heavy atom. The van der Waals surface area contributed by atoms with E-state index >= 15 is 0 Å². The van der Waals surface area contributed by atoms with Crippen LogP contribution in [0.1, 0.15) is 26.2 Å². The Balaban J connectivity index is 2.79. The highest BCUT2D eigenvalue weighted by Gasteiger charge is 2.35. The van der Waals surface area contributed by atoms with Crippen LogP contribution < -0.4 is 0 Å². The quantitative estimate of drug-likeness (QED) is 0.793. The summed E-state index contributed by atoms with van der Waals surface area (Å²) in [5, 5.41) is 0. The van der Waals surface area contributed by atoms with E-state index in [2.05, 4.69) is 0 Å². The van der Waals surface area contributed by atoms with Gasteiger partial charge in [-0.2, -0.15) is 17.5 Å². The van der Waals surface area contributed by atoms with E-state index in [1.165, 1.54) is 4.31 Å². The first-order valence-electron chi connectivity index (χ1n) is 6.40. The van der Waals surface area contributed by atoms with Crippen LogP contribution in [0.25, 0.3) is 0 Å². The molecule has 0 aliphatic carbocycles. The van der Waals surface area contributed by atoms with Crippen LogP contribution in [-0.2, 0) is 10.0 Å². The summed E-state index contributed by atoms with van der Waals surface area (Å²) in [6.45, 7) is 3.50. The van der Waals surface area contributed by atoms with E-state index in [1.54, 1.807) is 0 Å². The summed E-state index contributed by atoms with van der Waals surface area (Å²) in [5.74, 6) is -0.850. The lowest BCUT2D eigenvalue weighted by molar-refractivity contribution is -0.130. The van der Waals surface area contributed by atoms with Crippen molar-refractivity contribution in [2.24, 2.45) is 0 Å². The fraction of sp³-hybridized carbons (Fsp3) is 1.00. The molecular formula is C11H21F3N2O2S. The Hall–Kier alpha value is -0.340. The number of halogens is 3. The van der Waals surface area contributed by atoms with Gasteiger partial charge in [0.05, 0.1) is 12.2 Å². The third-order valence-corrected chi connectivity index (χ3v) is 5.24. The van der Waals surface area contributed by atoms with E-state index in [0.29, 0.717) is 25.9 Å². The second-order valence-corrected chi connectivity index (χ2v) is 7.01. The standard InChI is InChI=1S/C11H21F3N2O2S/c1-3-10-9-15(2)6-4-7-16(10)19(17,18)8-5-11(12,13)14/h10H,3-9H2,1-2H3. The predicted octanol–water partition coefficient (Wildman–Crippen LogP) is 1.68. The summed E-state index contributed by atoms with van der Waals surface area (Å²) in [4.78, 5) is 2.02. The first kappa shape index (κ1) is 16.7. The Bertz CT molecular complexity index is 384. The molecule has 0 spiro atoms. The van der Waals surface area contributed by atoms with Crippen molar-refractivity contribution >= 4 is 10.0 Å². The molecule has 0 aromatic heterocycles. The van der Waals surface area contributed by atoms with Gasteiger partial charge in [0.1, 0.15) is 0 Å². The van der Waals surface area contributed by atoms with Gasteiger partial charge in [-0.15, -0.1) is 0 Å². The molecule has 19 heavy (non-hydrogen) atoms. The highest BCUT2D eigenvalue weighted by molar-refractivity contribution is 7.89. The van der Waals surface area contributed by atoms with E-state index in [9.17, 15) is 21.6 Å². The van der Waals surface area contributed by atoms with Gasteiger partial charge in [0.25, 0.3) is 0 Å². The molecule has 1 aliphatic rings. The Kier molecular flexibility index (Phi) is 5.64. The van der Waals surface area contributed by atoms with Gasteiger partial charge in [0.15, 0.2) is 0 Å². The van der Waals surface area contributed by atoms with E-state index < -0.39 is 28.4 Å². The van der Waals surface area contributed by atoms with Gasteiger partial charge in [-0.05, 0) is 26.4 Å². The lowest BCUT2D eigenvalue weighted by Gasteiger charge is -2.29. The van der Waals surface area contributed by atoms with Crippen LogP contribution in [0.3, 0.4) is 0 Å². The summed E-state index contributed by atoms with van der Waals surface area (Å²) in [7, 11) is -1.94. The SMILES string of the molecule is CCC1CN(C)CCCN1S(=O)(=O)CCC(F)(F)F. The van der Waals surface area contributed by atoms with Crippen LogP contribution in [-0.4, -0.2) is 62.3 Å². The van der Waals surface area contributed by atoms with Crippen LogP contribution in [0, 0.1) is 0 Å². The Morgan fingerprint density at radius 2 is 1.89 bits per heavy atom. The summed E-state index contributed by atoms with van der Waals surface area (Å²) in [5.41, 5.74) is 0. The predicted molar refractivity (Wildman–Crippen MR) is 67.4 cm³/mol. The van der Waals surface area contributed by atoms with Gasteiger partial charge in [-0.3, -0.25) is 0 Å². The summed E-state index contributed by atoms with van der Waals surface area (Å²) in [6.07, 6.45) is -4.45. The summed E-state index contributed by atoms with van der Waals surface area (Å²) < 4.78 is 62.0. The number of alkyl halides is 3. The molecule has 4 nitrogen and oxygen atoms in total. The van der Waals surface area contributed by atoms with E-state index in [1.807, 2.05) is 18.9 Å². The van der Waals surface area contributed by atoms with Gasteiger partial charge in [-0.1, -0.05) is 6.92 Å². The molecule has 0 radical (unpaired) electrons. The smallest absolute Gasteiger partial charge is 0.305 e. The van der Waals surface area contributed by atoms with Crippen LogP contribution in [0.4, 0.5) is 13.2 Å². The molecule has 0 bridgehead atoms. The molecule has 8 heteroatoms. The molecule has 0 N–H and O–H groups in total. The first-order valence-corrected chi connectivity index (χ1v) is 8.01. The summed E-state index contributed by atoms with van der Waals surface area (Å²) >= 11 is 0. The molecule has 1 atom stereocenters. The zero-order chi connectivity index (χ0) is 14.7. The molecule has 1 fully saturated rings. The van der Waals surface area contributed by atoms with Crippen molar-refractivity contribution in [1.82, 2.24) is 9.21 Å². The number of hydrogen-bond acceptors (Lipinski definition) is 3. The van der Waals surface area contributed by atoms with E-state index in [4.69, 9.17) is 0 Å². The molecule has 1 unspecified atom stereocenters. The average Bonchev–Trinajstić information content (AvgIpc) is 2.47. The second-order valence-electron chi connectivity index (χ2n) is 4.97. The zero-order valence-corrected chi connectivity index (χ0v) is 12.1. The highest BCUT2D eigenvalue weighted by atomic mass is 32.2. The van der Waals surface area contributed by atoms with Crippen molar-refractivity contribution in [3.63, 3.8) is 0 Å². The van der Waals surface area contributed by atoms with E-state index in [0.717, 1.165) is 6.54 Å². The maximum absolute atomic E-state index is 12.2. The topological polar surface area (TPSA) is 40.6 Å². The third kappa shape index (κ3) is 5.27. The van der Waals surface area contributed by atoms with Gasteiger partial charge in [0, 0.05) is 19.1 Å². The van der Waals surface area contributed by atoms with Crippen molar-refractivity contribution in [3.8, 4) is 0 Å². The second kappa shape index (κ2) is 6.41. The van der Waals surface area contributed by atoms with Gasteiger partial charge in [-0.25, -0.2) is 8.42 Å². The Morgan fingerprint density at radius 3 is 2.42 bits per heavy atom. The normalized spacial score (nSPS) is 24.4. The van der Waals surface area contributed by atoms with Crippen LogP contribution in [0.2, 0.25) is 0 Å². The minimum atomic E-state index is -4.43. The average molecular weight is 302 g/mol. The zero-order valence-electron chi connectivity index (χ0n) is 11.3. The van der Waals surface area contributed by atoms with Crippen molar-refractivity contribution in [1.29, 1.82) is 0 Å².